The molecule has 0 bridgehead atoms. The molecule has 5 rings (SSSR count). The molecule has 1 amide bonds. The molecule has 1 N–H and O–H groups in total. The minimum Gasteiger partial charge on any atom is -0.507 e. The van der Waals surface area contributed by atoms with E-state index in [9.17, 15) is 14.7 Å². The van der Waals surface area contributed by atoms with E-state index < -0.39 is 29.3 Å². The van der Waals surface area contributed by atoms with Gasteiger partial charge in [-0.1, -0.05) is 60.1 Å². The summed E-state index contributed by atoms with van der Waals surface area (Å²) in [7, 11) is 0. The van der Waals surface area contributed by atoms with Crippen molar-refractivity contribution in [2.24, 2.45) is 0 Å². The number of hydrogen-bond acceptors (Lipinski definition) is 4. The number of benzene rings is 4. The van der Waals surface area contributed by atoms with Crippen LogP contribution in [0.2, 0.25) is 5.02 Å². The van der Waals surface area contributed by atoms with E-state index in [4.69, 9.17) is 16.3 Å². The van der Waals surface area contributed by atoms with Gasteiger partial charge in [-0.25, -0.2) is 4.39 Å². The lowest BCUT2D eigenvalue weighted by atomic mass is 9.94. The molecule has 4 aromatic carbocycles. The number of ether oxygens (including phenoxy) is 1. The van der Waals surface area contributed by atoms with Crippen molar-refractivity contribution in [2.75, 3.05) is 4.90 Å². The first-order valence-corrected chi connectivity index (χ1v) is 12.3. The van der Waals surface area contributed by atoms with E-state index >= 15 is 4.39 Å². The molecule has 0 aromatic heterocycles. The zero-order valence-corrected chi connectivity index (χ0v) is 21.2. The number of amides is 1. The number of halogens is 2. The van der Waals surface area contributed by atoms with Gasteiger partial charge in [-0.15, -0.1) is 0 Å². The molecule has 7 heteroatoms. The third-order valence-corrected chi connectivity index (χ3v) is 6.69. The van der Waals surface area contributed by atoms with Crippen molar-refractivity contribution in [3.63, 3.8) is 0 Å². The Hall–Kier alpha value is -4.42. The number of rotatable bonds is 6. The Labute approximate surface area is 224 Å². The van der Waals surface area contributed by atoms with Crippen LogP contribution in [-0.2, 0) is 16.2 Å². The number of nitrogens with zero attached hydrogens (tertiary/aromatic N) is 1. The molecule has 38 heavy (non-hydrogen) atoms. The van der Waals surface area contributed by atoms with Crippen LogP contribution in [0, 0.1) is 12.7 Å². The molecule has 1 heterocycles. The second-order valence-corrected chi connectivity index (χ2v) is 9.36. The molecule has 0 spiro atoms. The third kappa shape index (κ3) is 4.78. The molecule has 5 nitrogen and oxygen atoms in total. The van der Waals surface area contributed by atoms with Gasteiger partial charge in [0.15, 0.2) is 0 Å². The quantitative estimate of drug-likeness (QED) is 0.167. The van der Waals surface area contributed by atoms with Crippen LogP contribution in [-0.4, -0.2) is 16.8 Å². The topological polar surface area (TPSA) is 66.8 Å². The zero-order valence-electron chi connectivity index (χ0n) is 20.4. The molecule has 1 aliphatic heterocycles. The minimum absolute atomic E-state index is 0.0859. The van der Waals surface area contributed by atoms with Crippen LogP contribution < -0.4 is 9.64 Å². The first kappa shape index (κ1) is 25.2. The summed E-state index contributed by atoms with van der Waals surface area (Å²) in [6, 6.07) is 25.7. The van der Waals surface area contributed by atoms with Crippen LogP contribution >= 0.6 is 11.6 Å². The van der Waals surface area contributed by atoms with Gasteiger partial charge in [-0.2, -0.15) is 0 Å². The van der Waals surface area contributed by atoms with Gasteiger partial charge < -0.3 is 9.84 Å². The van der Waals surface area contributed by atoms with Crippen molar-refractivity contribution >= 4 is 34.7 Å². The van der Waals surface area contributed by atoms with Crippen molar-refractivity contribution in [3.8, 4) is 5.75 Å². The van der Waals surface area contributed by atoms with Crippen molar-refractivity contribution in [2.45, 2.75) is 19.6 Å². The summed E-state index contributed by atoms with van der Waals surface area (Å²) in [5.74, 6) is -2.18. The van der Waals surface area contributed by atoms with E-state index in [1.807, 2.05) is 37.3 Å². The Morgan fingerprint density at radius 2 is 1.63 bits per heavy atom. The molecule has 0 aliphatic carbocycles. The van der Waals surface area contributed by atoms with Gasteiger partial charge in [-0.05, 0) is 66.6 Å². The fourth-order valence-corrected chi connectivity index (χ4v) is 4.67. The zero-order chi connectivity index (χ0) is 26.8. The van der Waals surface area contributed by atoms with E-state index in [1.54, 1.807) is 48.5 Å². The van der Waals surface area contributed by atoms with E-state index in [0.717, 1.165) is 11.1 Å². The van der Waals surface area contributed by atoms with Crippen LogP contribution in [0.1, 0.15) is 28.3 Å². The smallest absolute Gasteiger partial charge is 0.300 e. The lowest BCUT2D eigenvalue weighted by Gasteiger charge is -2.25. The van der Waals surface area contributed by atoms with E-state index in [2.05, 4.69) is 0 Å². The maximum Gasteiger partial charge on any atom is 0.300 e. The van der Waals surface area contributed by atoms with E-state index in [1.165, 1.54) is 23.1 Å². The maximum atomic E-state index is 15.0. The molecular formula is C31H23ClFNO4. The molecule has 0 radical (unpaired) electrons. The lowest BCUT2D eigenvalue weighted by Crippen LogP contribution is -2.29. The summed E-state index contributed by atoms with van der Waals surface area (Å²) >= 11 is 6.02. The number of hydrogen-bond donors (Lipinski definition) is 1. The molecule has 1 unspecified atom stereocenters. The summed E-state index contributed by atoms with van der Waals surface area (Å²) in [5.41, 5.74) is 2.27. The van der Waals surface area contributed by atoms with Gasteiger partial charge in [0.2, 0.25) is 0 Å². The lowest BCUT2D eigenvalue weighted by molar-refractivity contribution is -0.132. The monoisotopic (exact) mass is 527 g/mol. The number of aryl methyl sites for hydroxylation is 1. The highest BCUT2D eigenvalue weighted by Gasteiger charge is 2.47. The summed E-state index contributed by atoms with van der Waals surface area (Å²) in [6.45, 7) is 2.18. The summed E-state index contributed by atoms with van der Waals surface area (Å²) in [4.78, 5) is 27.7. The van der Waals surface area contributed by atoms with Crippen LogP contribution in [0.4, 0.5) is 10.1 Å². The highest BCUT2D eigenvalue weighted by Crippen LogP contribution is 2.43. The van der Waals surface area contributed by atoms with Crippen molar-refractivity contribution in [1.29, 1.82) is 0 Å². The van der Waals surface area contributed by atoms with E-state index in [-0.39, 0.29) is 11.1 Å². The highest BCUT2D eigenvalue weighted by atomic mass is 35.5. The van der Waals surface area contributed by atoms with Gasteiger partial charge in [0.05, 0.1) is 11.6 Å². The van der Waals surface area contributed by atoms with Crippen LogP contribution in [0.15, 0.2) is 103 Å². The molecule has 1 atom stereocenters. The normalized spacial score (nSPS) is 16.6. The second-order valence-electron chi connectivity index (χ2n) is 8.92. The predicted molar refractivity (Wildman–Crippen MR) is 145 cm³/mol. The minimum atomic E-state index is -1.17. The fraction of sp³-hybridized carbons (Fsp3) is 0.0968. The standard InChI is InChI=1S/C31H23ClFNO4/c1-19-17-21(11-16-26(19)38-18-20-7-3-2-4-8-20)29(35)27-28(24-9-5-6-10-25(24)33)34(31(37)30(27)36)23-14-12-22(32)13-15-23/h2-17,28,35H,18H2,1H3/b29-27+. The number of aliphatic hydroxyl groups is 1. The van der Waals surface area contributed by atoms with Gasteiger partial charge in [0.25, 0.3) is 11.7 Å². The van der Waals surface area contributed by atoms with Crippen LogP contribution in [0.5, 0.6) is 5.75 Å². The maximum absolute atomic E-state index is 15.0. The number of carbonyl (C=O) groups excluding carboxylic acids is 2. The Balaban J connectivity index is 1.57. The predicted octanol–water partition coefficient (Wildman–Crippen LogP) is 6.99. The summed E-state index contributed by atoms with van der Waals surface area (Å²) < 4.78 is 21.0. The summed E-state index contributed by atoms with van der Waals surface area (Å²) in [6.07, 6.45) is 0. The first-order chi connectivity index (χ1) is 18.3. The number of carbonyl (C=O) groups is 2. The number of aliphatic hydroxyl groups excluding tert-OH is 1. The molecule has 0 saturated carbocycles. The van der Waals surface area contributed by atoms with Crippen LogP contribution in [0.3, 0.4) is 0 Å². The van der Waals surface area contributed by atoms with Gasteiger partial charge >= 0.3 is 0 Å². The second kappa shape index (κ2) is 10.5. The van der Waals surface area contributed by atoms with Gasteiger partial charge in [-0.3, -0.25) is 14.5 Å². The Kier molecular flexibility index (Phi) is 6.99. The Morgan fingerprint density at radius 1 is 0.947 bits per heavy atom. The average Bonchev–Trinajstić information content (AvgIpc) is 3.18. The average molecular weight is 528 g/mol. The number of ketones is 1. The molecule has 4 aromatic rings. The largest absolute Gasteiger partial charge is 0.507 e. The van der Waals surface area contributed by atoms with Gasteiger partial charge in [0.1, 0.15) is 23.9 Å². The first-order valence-electron chi connectivity index (χ1n) is 11.9. The fourth-order valence-electron chi connectivity index (χ4n) is 4.54. The van der Waals surface area contributed by atoms with Crippen LogP contribution in [0.25, 0.3) is 5.76 Å². The molecule has 1 fully saturated rings. The Bertz CT molecular complexity index is 1550. The Morgan fingerprint density at radius 3 is 2.32 bits per heavy atom. The SMILES string of the molecule is Cc1cc(/C(O)=C2\C(=O)C(=O)N(c3ccc(Cl)cc3)C2c2ccccc2F)ccc1OCc1ccccc1. The van der Waals surface area contributed by atoms with Crippen molar-refractivity contribution in [3.05, 3.63) is 136 Å². The van der Waals surface area contributed by atoms with Crippen molar-refractivity contribution < 1.29 is 23.8 Å². The van der Waals surface area contributed by atoms with E-state index in [0.29, 0.717) is 28.6 Å². The highest BCUT2D eigenvalue weighted by molar-refractivity contribution is 6.51. The molecule has 1 aliphatic rings. The molecule has 1 saturated heterocycles. The summed E-state index contributed by atoms with van der Waals surface area (Å²) in [5, 5.41) is 11.8. The third-order valence-electron chi connectivity index (χ3n) is 6.43. The molecular weight excluding hydrogens is 505 g/mol. The number of anilines is 1. The molecule has 190 valence electrons. The van der Waals surface area contributed by atoms with Crippen molar-refractivity contribution in [1.82, 2.24) is 0 Å². The number of Topliss-reactive ketones (excluding diaryl/α,β-unsaturated/α-hetero) is 1. The van der Waals surface area contributed by atoms with Gasteiger partial charge in [0, 0.05) is 21.8 Å².